The second kappa shape index (κ2) is 6.68. The van der Waals surface area contributed by atoms with Gasteiger partial charge >= 0.3 is 0 Å². The molecule has 0 saturated carbocycles. The second-order valence-corrected chi connectivity index (χ2v) is 4.08. The van der Waals surface area contributed by atoms with Crippen molar-refractivity contribution < 1.29 is 18.8 Å². The van der Waals surface area contributed by atoms with E-state index in [9.17, 15) is 9.18 Å². The SMILES string of the molecule is CONC(=O)c1cccc(COc2cccc(F)c2)c1. The fraction of sp³-hybridized carbons (Fsp3) is 0.133. The molecule has 0 aliphatic carbocycles. The van der Waals surface area contributed by atoms with Gasteiger partial charge in [-0.05, 0) is 29.8 Å². The van der Waals surface area contributed by atoms with Crippen LogP contribution in [0.4, 0.5) is 4.39 Å². The van der Waals surface area contributed by atoms with Crippen LogP contribution in [0.1, 0.15) is 15.9 Å². The van der Waals surface area contributed by atoms with Gasteiger partial charge in [-0.1, -0.05) is 18.2 Å². The van der Waals surface area contributed by atoms with Crippen LogP contribution in [-0.4, -0.2) is 13.0 Å². The monoisotopic (exact) mass is 275 g/mol. The second-order valence-electron chi connectivity index (χ2n) is 4.08. The maximum atomic E-state index is 13.0. The van der Waals surface area contributed by atoms with Gasteiger partial charge in [0.2, 0.25) is 0 Å². The fourth-order valence-corrected chi connectivity index (χ4v) is 1.68. The van der Waals surface area contributed by atoms with Crippen LogP contribution in [0.25, 0.3) is 0 Å². The Kier molecular flexibility index (Phi) is 4.68. The zero-order valence-corrected chi connectivity index (χ0v) is 10.9. The van der Waals surface area contributed by atoms with Gasteiger partial charge in [-0.15, -0.1) is 0 Å². The number of hydroxylamine groups is 1. The summed E-state index contributed by atoms with van der Waals surface area (Å²) in [5.41, 5.74) is 3.51. The van der Waals surface area contributed by atoms with E-state index in [-0.39, 0.29) is 18.3 Å². The van der Waals surface area contributed by atoms with Gasteiger partial charge in [0.05, 0.1) is 7.11 Å². The van der Waals surface area contributed by atoms with Crippen molar-refractivity contribution >= 4 is 5.91 Å². The molecule has 0 aromatic heterocycles. The number of ether oxygens (including phenoxy) is 1. The van der Waals surface area contributed by atoms with Gasteiger partial charge in [-0.2, -0.15) is 0 Å². The van der Waals surface area contributed by atoms with Crippen LogP contribution in [0.2, 0.25) is 0 Å². The Morgan fingerprint density at radius 1 is 1.20 bits per heavy atom. The normalized spacial score (nSPS) is 10.1. The third-order valence-corrected chi connectivity index (χ3v) is 2.59. The molecule has 2 rings (SSSR count). The third kappa shape index (κ3) is 3.80. The predicted molar refractivity (Wildman–Crippen MR) is 71.6 cm³/mol. The highest BCUT2D eigenvalue weighted by Crippen LogP contribution is 2.14. The zero-order valence-electron chi connectivity index (χ0n) is 10.9. The molecule has 2 aromatic carbocycles. The molecule has 0 aliphatic heterocycles. The van der Waals surface area contributed by atoms with E-state index in [0.717, 1.165) is 5.56 Å². The van der Waals surface area contributed by atoms with Crippen LogP contribution < -0.4 is 10.2 Å². The number of nitrogens with one attached hydrogen (secondary N) is 1. The van der Waals surface area contributed by atoms with Crippen molar-refractivity contribution in [3.8, 4) is 5.75 Å². The molecule has 0 atom stereocenters. The number of halogens is 1. The molecular weight excluding hydrogens is 261 g/mol. The quantitative estimate of drug-likeness (QED) is 0.853. The van der Waals surface area contributed by atoms with Crippen molar-refractivity contribution in [2.75, 3.05) is 7.11 Å². The summed E-state index contributed by atoms with van der Waals surface area (Å²) in [6.45, 7) is 0.248. The van der Waals surface area contributed by atoms with Crippen molar-refractivity contribution in [2.45, 2.75) is 6.61 Å². The van der Waals surface area contributed by atoms with Crippen LogP contribution >= 0.6 is 0 Å². The maximum Gasteiger partial charge on any atom is 0.274 e. The molecule has 0 spiro atoms. The Bertz CT molecular complexity index is 601. The third-order valence-electron chi connectivity index (χ3n) is 2.59. The van der Waals surface area contributed by atoms with Crippen LogP contribution in [-0.2, 0) is 11.4 Å². The van der Waals surface area contributed by atoms with Crippen molar-refractivity contribution in [1.29, 1.82) is 0 Å². The van der Waals surface area contributed by atoms with E-state index in [2.05, 4.69) is 10.3 Å². The zero-order chi connectivity index (χ0) is 14.4. The molecule has 20 heavy (non-hydrogen) atoms. The number of benzene rings is 2. The molecule has 4 nitrogen and oxygen atoms in total. The first-order valence-electron chi connectivity index (χ1n) is 5.99. The van der Waals surface area contributed by atoms with E-state index in [1.165, 1.54) is 19.2 Å². The molecule has 104 valence electrons. The first-order chi connectivity index (χ1) is 9.69. The fourth-order valence-electron chi connectivity index (χ4n) is 1.68. The van der Waals surface area contributed by atoms with Gasteiger partial charge in [0.25, 0.3) is 5.91 Å². The van der Waals surface area contributed by atoms with Crippen molar-refractivity contribution in [1.82, 2.24) is 5.48 Å². The summed E-state index contributed by atoms with van der Waals surface area (Å²) in [7, 11) is 1.37. The molecule has 0 radical (unpaired) electrons. The molecule has 0 saturated heterocycles. The first kappa shape index (κ1) is 14.0. The Balaban J connectivity index is 2.03. The molecular formula is C15H14FNO3. The highest BCUT2D eigenvalue weighted by molar-refractivity contribution is 5.93. The van der Waals surface area contributed by atoms with Gasteiger partial charge in [-0.3, -0.25) is 9.63 Å². The summed E-state index contributed by atoms with van der Waals surface area (Å²) >= 11 is 0. The van der Waals surface area contributed by atoms with Gasteiger partial charge in [0.1, 0.15) is 18.2 Å². The lowest BCUT2D eigenvalue weighted by Gasteiger charge is -2.08. The van der Waals surface area contributed by atoms with E-state index >= 15 is 0 Å². The van der Waals surface area contributed by atoms with Gasteiger partial charge < -0.3 is 4.74 Å². The summed E-state index contributed by atoms with van der Waals surface area (Å²) in [6.07, 6.45) is 0. The summed E-state index contributed by atoms with van der Waals surface area (Å²) in [6, 6.07) is 12.8. The van der Waals surface area contributed by atoms with E-state index in [1.807, 2.05) is 6.07 Å². The molecule has 0 aliphatic rings. The Hall–Kier alpha value is -2.40. The minimum atomic E-state index is -0.351. The number of rotatable bonds is 5. The lowest BCUT2D eigenvalue weighted by molar-refractivity contribution is 0.0537. The number of hydrogen-bond donors (Lipinski definition) is 1. The molecule has 1 amide bonds. The average molecular weight is 275 g/mol. The predicted octanol–water partition coefficient (Wildman–Crippen LogP) is 2.70. The lowest BCUT2D eigenvalue weighted by Crippen LogP contribution is -2.21. The average Bonchev–Trinajstić information content (AvgIpc) is 2.46. The van der Waals surface area contributed by atoms with Gasteiger partial charge in [0, 0.05) is 11.6 Å². The Morgan fingerprint density at radius 3 is 2.75 bits per heavy atom. The highest BCUT2D eigenvalue weighted by Gasteiger charge is 2.06. The minimum Gasteiger partial charge on any atom is -0.489 e. The molecule has 0 unspecified atom stereocenters. The molecule has 2 aromatic rings. The lowest BCUT2D eigenvalue weighted by atomic mass is 10.1. The van der Waals surface area contributed by atoms with E-state index in [0.29, 0.717) is 11.3 Å². The van der Waals surface area contributed by atoms with Crippen molar-refractivity contribution in [3.05, 3.63) is 65.5 Å². The maximum absolute atomic E-state index is 13.0. The number of amides is 1. The first-order valence-corrected chi connectivity index (χ1v) is 5.99. The Labute approximate surface area is 116 Å². The smallest absolute Gasteiger partial charge is 0.274 e. The van der Waals surface area contributed by atoms with Crippen molar-refractivity contribution in [3.63, 3.8) is 0 Å². The molecule has 0 heterocycles. The highest BCUT2D eigenvalue weighted by atomic mass is 19.1. The van der Waals surface area contributed by atoms with Crippen LogP contribution in [0.15, 0.2) is 48.5 Å². The van der Waals surface area contributed by atoms with E-state index < -0.39 is 0 Å². The van der Waals surface area contributed by atoms with E-state index in [1.54, 1.807) is 30.3 Å². The molecule has 5 heteroatoms. The molecule has 0 bridgehead atoms. The Morgan fingerprint density at radius 2 is 2.00 bits per heavy atom. The van der Waals surface area contributed by atoms with Gasteiger partial charge in [-0.25, -0.2) is 9.87 Å². The largest absolute Gasteiger partial charge is 0.489 e. The summed E-state index contributed by atoms with van der Waals surface area (Å²) < 4.78 is 18.5. The molecule has 0 fully saturated rings. The summed E-state index contributed by atoms with van der Waals surface area (Å²) in [4.78, 5) is 16.2. The van der Waals surface area contributed by atoms with Crippen LogP contribution in [0.5, 0.6) is 5.75 Å². The molecule has 1 N–H and O–H groups in total. The van der Waals surface area contributed by atoms with Gasteiger partial charge in [0.15, 0.2) is 0 Å². The van der Waals surface area contributed by atoms with Crippen LogP contribution in [0, 0.1) is 5.82 Å². The minimum absolute atomic E-state index is 0.248. The topological polar surface area (TPSA) is 47.6 Å². The van der Waals surface area contributed by atoms with Crippen LogP contribution in [0.3, 0.4) is 0 Å². The number of carbonyl (C=O) groups is 1. The van der Waals surface area contributed by atoms with E-state index in [4.69, 9.17) is 4.74 Å². The summed E-state index contributed by atoms with van der Waals surface area (Å²) in [5, 5.41) is 0. The summed E-state index contributed by atoms with van der Waals surface area (Å²) in [5.74, 6) is -0.243. The number of carbonyl (C=O) groups excluding carboxylic acids is 1. The van der Waals surface area contributed by atoms with Crippen molar-refractivity contribution in [2.24, 2.45) is 0 Å². The standard InChI is InChI=1S/C15H14FNO3/c1-19-17-15(18)12-5-2-4-11(8-12)10-20-14-7-3-6-13(16)9-14/h2-9H,10H2,1H3,(H,17,18). The number of hydrogen-bond acceptors (Lipinski definition) is 3.